The van der Waals surface area contributed by atoms with Crippen molar-refractivity contribution in [2.45, 2.75) is 52.7 Å². The molecule has 0 aromatic rings. The first-order valence-corrected chi connectivity index (χ1v) is 6.60. The third-order valence-electron chi connectivity index (χ3n) is 3.00. The van der Waals surface area contributed by atoms with Gasteiger partial charge >= 0.3 is 0 Å². The van der Waals surface area contributed by atoms with E-state index in [1.807, 2.05) is 0 Å². The normalized spacial score (nSPS) is 14.1. The highest BCUT2D eigenvalue weighted by atomic mass is 16.3. The van der Waals surface area contributed by atoms with Gasteiger partial charge in [0.2, 0.25) is 0 Å². The molecule has 0 aromatic carbocycles. The number of nitrogens with zero attached hydrogens (tertiary/aromatic N) is 1. The largest absolute Gasteiger partial charge is 0.390 e. The highest BCUT2D eigenvalue weighted by Crippen LogP contribution is 2.06. The van der Waals surface area contributed by atoms with Crippen molar-refractivity contribution in [3.05, 3.63) is 0 Å². The first-order valence-electron chi connectivity index (χ1n) is 6.60. The third-order valence-corrected chi connectivity index (χ3v) is 3.00. The molecule has 16 heavy (non-hydrogen) atoms. The van der Waals surface area contributed by atoms with Crippen LogP contribution >= 0.6 is 0 Å². The van der Waals surface area contributed by atoms with Gasteiger partial charge in [-0.15, -0.1) is 0 Å². The number of likely N-dealkylation sites (N-methyl/N-ethyl adjacent to an activating group) is 1. The van der Waals surface area contributed by atoms with Crippen LogP contribution in [0.1, 0.15) is 40.5 Å². The van der Waals surface area contributed by atoms with Crippen LogP contribution in [0.3, 0.4) is 0 Å². The monoisotopic (exact) mass is 230 g/mol. The van der Waals surface area contributed by atoms with Crippen LogP contribution in [-0.4, -0.2) is 48.8 Å². The van der Waals surface area contributed by atoms with Gasteiger partial charge in [-0.05, 0) is 32.4 Å². The summed E-state index contributed by atoms with van der Waals surface area (Å²) in [4.78, 5) is 2.27. The van der Waals surface area contributed by atoms with E-state index in [1.165, 1.54) is 0 Å². The Hall–Kier alpha value is -0.120. The van der Waals surface area contributed by atoms with Gasteiger partial charge in [-0.3, -0.25) is 0 Å². The lowest BCUT2D eigenvalue weighted by atomic mass is 10.1. The number of hydrogen-bond donors (Lipinski definition) is 2. The van der Waals surface area contributed by atoms with Crippen LogP contribution in [0.25, 0.3) is 0 Å². The molecule has 3 heteroatoms. The average molecular weight is 230 g/mol. The minimum absolute atomic E-state index is 0.260. The van der Waals surface area contributed by atoms with Crippen molar-refractivity contribution < 1.29 is 5.11 Å². The Morgan fingerprint density at radius 2 is 1.69 bits per heavy atom. The molecule has 0 aliphatic rings. The van der Waals surface area contributed by atoms with Crippen molar-refractivity contribution in [2.75, 3.05) is 26.7 Å². The Kier molecular flexibility index (Phi) is 8.90. The van der Waals surface area contributed by atoms with E-state index in [0.29, 0.717) is 18.5 Å². The van der Waals surface area contributed by atoms with Crippen LogP contribution < -0.4 is 5.32 Å². The van der Waals surface area contributed by atoms with E-state index in [4.69, 9.17) is 0 Å². The maximum Gasteiger partial charge on any atom is 0.0791 e. The molecular weight excluding hydrogens is 200 g/mol. The zero-order valence-electron chi connectivity index (χ0n) is 11.7. The summed E-state index contributed by atoms with van der Waals surface area (Å²) in [6.07, 6.45) is 2.04. The number of hydrogen-bond acceptors (Lipinski definition) is 3. The molecule has 3 nitrogen and oxygen atoms in total. The molecule has 0 fully saturated rings. The number of rotatable bonds is 9. The lowest BCUT2D eigenvalue weighted by molar-refractivity contribution is 0.0996. The van der Waals surface area contributed by atoms with Gasteiger partial charge in [-0.25, -0.2) is 0 Å². The van der Waals surface area contributed by atoms with Crippen molar-refractivity contribution in [3.8, 4) is 0 Å². The maximum atomic E-state index is 9.87. The summed E-state index contributed by atoms with van der Waals surface area (Å²) in [7, 11) is 2.10. The fraction of sp³-hybridized carbons (Fsp3) is 1.00. The molecule has 0 bridgehead atoms. The Labute approximate surface area is 101 Å². The molecule has 0 radical (unpaired) electrons. The van der Waals surface area contributed by atoms with Crippen molar-refractivity contribution in [2.24, 2.45) is 5.92 Å². The van der Waals surface area contributed by atoms with Gasteiger partial charge < -0.3 is 15.3 Å². The zero-order chi connectivity index (χ0) is 12.6. The van der Waals surface area contributed by atoms with Crippen molar-refractivity contribution in [1.82, 2.24) is 10.2 Å². The van der Waals surface area contributed by atoms with E-state index < -0.39 is 0 Å². The Morgan fingerprint density at radius 3 is 2.12 bits per heavy atom. The molecule has 0 aromatic heterocycles. The number of aliphatic hydroxyl groups is 1. The predicted molar refractivity (Wildman–Crippen MR) is 70.7 cm³/mol. The van der Waals surface area contributed by atoms with E-state index in [-0.39, 0.29) is 6.10 Å². The first kappa shape index (κ1) is 15.9. The summed E-state index contributed by atoms with van der Waals surface area (Å²) in [5, 5.41) is 13.2. The quantitative estimate of drug-likeness (QED) is 0.633. The zero-order valence-corrected chi connectivity index (χ0v) is 11.7. The van der Waals surface area contributed by atoms with E-state index in [1.54, 1.807) is 0 Å². The summed E-state index contributed by atoms with van der Waals surface area (Å²) >= 11 is 0. The molecule has 1 atom stereocenters. The Morgan fingerprint density at radius 1 is 1.12 bits per heavy atom. The molecule has 0 amide bonds. The van der Waals surface area contributed by atoms with Crippen LogP contribution in [0.5, 0.6) is 0 Å². The topological polar surface area (TPSA) is 35.5 Å². The van der Waals surface area contributed by atoms with Gasteiger partial charge in [0.15, 0.2) is 0 Å². The van der Waals surface area contributed by atoms with Crippen molar-refractivity contribution in [1.29, 1.82) is 0 Å². The van der Waals surface area contributed by atoms with Crippen LogP contribution in [-0.2, 0) is 0 Å². The van der Waals surface area contributed by atoms with E-state index in [0.717, 1.165) is 25.9 Å². The molecule has 0 rings (SSSR count). The summed E-state index contributed by atoms with van der Waals surface area (Å²) in [5.41, 5.74) is 0. The van der Waals surface area contributed by atoms with Gasteiger partial charge in [-0.1, -0.05) is 27.7 Å². The molecule has 2 N–H and O–H groups in total. The Balaban J connectivity index is 3.72. The molecule has 0 spiro atoms. The van der Waals surface area contributed by atoms with Crippen molar-refractivity contribution in [3.63, 3.8) is 0 Å². The summed E-state index contributed by atoms with van der Waals surface area (Å²) < 4.78 is 0. The van der Waals surface area contributed by atoms with Crippen LogP contribution in [0, 0.1) is 5.92 Å². The summed E-state index contributed by atoms with van der Waals surface area (Å²) in [6, 6.07) is 0.597. The molecule has 1 unspecified atom stereocenters. The number of aliphatic hydroxyl groups excluding tert-OH is 1. The second-order valence-corrected chi connectivity index (χ2v) is 5.12. The maximum absolute atomic E-state index is 9.87. The molecule has 0 aliphatic carbocycles. The summed E-state index contributed by atoms with van der Waals surface area (Å²) in [6.45, 7) is 11.2. The fourth-order valence-corrected chi connectivity index (χ4v) is 2.00. The highest BCUT2D eigenvalue weighted by molar-refractivity contribution is 4.70. The first-order chi connectivity index (χ1) is 7.51. The molecule has 0 heterocycles. The van der Waals surface area contributed by atoms with Gasteiger partial charge in [0.25, 0.3) is 0 Å². The van der Waals surface area contributed by atoms with Crippen LogP contribution in [0.15, 0.2) is 0 Å². The minimum atomic E-state index is -0.260. The molecule has 98 valence electrons. The minimum Gasteiger partial charge on any atom is -0.390 e. The lowest BCUT2D eigenvalue weighted by Crippen LogP contribution is -2.41. The van der Waals surface area contributed by atoms with Gasteiger partial charge in [0.1, 0.15) is 0 Å². The lowest BCUT2D eigenvalue weighted by Gasteiger charge is -2.28. The van der Waals surface area contributed by atoms with Gasteiger partial charge in [-0.2, -0.15) is 0 Å². The summed E-state index contributed by atoms with van der Waals surface area (Å²) in [5.74, 6) is 0.643. The molecule has 0 saturated carbocycles. The molecule has 0 saturated heterocycles. The standard InChI is InChI=1S/C13H30N2O/c1-6-12(7-2)15(5)10-13(16)9-14-8-11(3)4/h11-14,16H,6-10H2,1-5H3. The fourth-order valence-electron chi connectivity index (χ4n) is 2.00. The SMILES string of the molecule is CCC(CC)N(C)CC(O)CNCC(C)C. The third kappa shape index (κ3) is 7.20. The predicted octanol–water partition coefficient (Wildman–Crippen LogP) is 1.71. The van der Waals surface area contributed by atoms with E-state index in [9.17, 15) is 5.11 Å². The Bertz CT molecular complexity index is 158. The van der Waals surface area contributed by atoms with Gasteiger partial charge in [0, 0.05) is 19.1 Å². The second-order valence-electron chi connectivity index (χ2n) is 5.12. The van der Waals surface area contributed by atoms with Crippen molar-refractivity contribution >= 4 is 0 Å². The second kappa shape index (κ2) is 8.97. The van der Waals surface area contributed by atoms with E-state index >= 15 is 0 Å². The highest BCUT2D eigenvalue weighted by Gasteiger charge is 2.14. The molecular formula is C13H30N2O. The van der Waals surface area contributed by atoms with E-state index in [2.05, 4.69) is 45.0 Å². The smallest absolute Gasteiger partial charge is 0.0791 e. The van der Waals surface area contributed by atoms with Crippen LogP contribution in [0.4, 0.5) is 0 Å². The van der Waals surface area contributed by atoms with Crippen LogP contribution in [0.2, 0.25) is 0 Å². The van der Waals surface area contributed by atoms with Gasteiger partial charge in [0.05, 0.1) is 6.10 Å². The molecule has 0 aliphatic heterocycles. The average Bonchev–Trinajstić information content (AvgIpc) is 2.18. The number of nitrogens with one attached hydrogen (secondary N) is 1.